The van der Waals surface area contributed by atoms with Gasteiger partial charge in [-0.1, -0.05) is 11.8 Å². The van der Waals surface area contributed by atoms with Gasteiger partial charge in [0.15, 0.2) is 6.61 Å². The van der Waals surface area contributed by atoms with E-state index in [0.717, 1.165) is 11.8 Å². The van der Waals surface area contributed by atoms with Crippen LogP contribution in [0.1, 0.15) is 24.2 Å². The molecule has 1 aliphatic rings. The summed E-state index contributed by atoms with van der Waals surface area (Å²) in [7, 11) is 0. The molecule has 9 heteroatoms. The molecule has 26 heavy (non-hydrogen) atoms. The molecule has 0 unspecified atom stereocenters. The number of amides is 2. The summed E-state index contributed by atoms with van der Waals surface area (Å²) in [5.74, 6) is -0.949. The van der Waals surface area contributed by atoms with Gasteiger partial charge >= 0.3 is 11.9 Å². The Morgan fingerprint density at radius 2 is 1.92 bits per heavy atom. The fourth-order valence-corrected chi connectivity index (χ4v) is 2.91. The molecule has 1 fully saturated rings. The van der Waals surface area contributed by atoms with Crippen LogP contribution in [0, 0.1) is 0 Å². The van der Waals surface area contributed by atoms with Gasteiger partial charge in [0.05, 0.1) is 11.7 Å². The van der Waals surface area contributed by atoms with Crippen molar-refractivity contribution in [2.75, 3.05) is 30.8 Å². The number of hydrogen-bond donors (Lipinski definition) is 1. The van der Waals surface area contributed by atoms with E-state index in [1.807, 2.05) is 0 Å². The van der Waals surface area contributed by atoms with Gasteiger partial charge in [-0.2, -0.15) is 0 Å². The summed E-state index contributed by atoms with van der Waals surface area (Å²) in [6, 6.07) is 6.17. The standard InChI is InChI=1S/C17H20N2O6S/c1-11(2)25-16(22)12-3-5-13(6-4-12)18-14(20)10-24-15(21)9-19-7-8-26-17(19)23/h3-6,11H,7-10H2,1-2H3,(H,18,20). The number of anilines is 1. The molecule has 8 nitrogen and oxygen atoms in total. The molecule has 0 aromatic heterocycles. The third-order valence-electron chi connectivity index (χ3n) is 3.28. The maximum absolute atomic E-state index is 11.8. The van der Waals surface area contributed by atoms with Crippen LogP contribution >= 0.6 is 11.8 Å². The summed E-state index contributed by atoms with van der Waals surface area (Å²) in [6.45, 7) is 3.39. The van der Waals surface area contributed by atoms with E-state index in [2.05, 4.69) is 5.32 Å². The number of thioether (sulfide) groups is 1. The minimum absolute atomic E-state index is 0.161. The highest BCUT2D eigenvalue weighted by atomic mass is 32.2. The van der Waals surface area contributed by atoms with Gasteiger partial charge < -0.3 is 19.7 Å². The van der Waals surface area contributed by atoms with Gasteiger partial charge in [-0.3, -0.25) is 14.4 Å². The fourth-order valence-electron chi connectivity index (χ4n) is 2.09. The molecule has 0 atom stereocenters. The normalized spacial score (nSPS) is 13.7. The highest BCUT2D eigenvalue weighted by Crippen LogP contribution is 2.16. The van der Waals surface area contributed by atoms with E-state index in [4.69, 9.17) is 9.47 Å². The zero-order chi connectivity index (χ0) is 19.1. The van der Waals surface area contributed by atoms with Crippen LogP contribution in [0.15, 0.2) is 24.3 Å². The van der Waals surface area contributed by atoms with Crippen molar-refractivity contribution >= 4 is 40.5 Å². The number of hydrogen-bond acceptors (Lipinski definition) is 7. The van der Waals surface area contributed by atoms with Gasteiger partial charge in [0, 0.05) is 18.0 Å². The quantitative estimate of drug-likeness (QED) is 0.721. The minimum atomic E-state index is -0.636. The van der Waals surface area contributed by atoms with Crippen LogP contribution < -0.4 is 5.32 Å². The fraction of sp³-hybridized carbons (Fsp3) is 0.412. The highest BCUT2D eigenvalue weighted by molar-refractivity contribution is 8.13. The second-order valence-corrected chi connectivity index (χ2v) is 6.82. The summed E-state index contributed by atoms with van der Waals surface area (Å²) in [6.07, 6.45) is -0.217. The van der Waals surface area contributed by atoms with Gasteiger partial charge in [-0.15, -0.1) is 0 Å². The number of esters is 2. The topological polar surface area (TPSA) is 102 Å². The lowest BCUT2D eigenvalue weighted by molar-refractivity contribution is -0.147. The van der Waals surface area contributed by atoms with E-state index in [9.17, 15) is 19.2 Å². The van der Waals surface area contributed by atoms with E-state index in [1.54, 1.807) is 26.0 Å². The monoisotopic (exact) mass is 380 g/mol. The Kier molecular flexibility index (Phi) is 7.02. The van der Waals surface area contributed by atoms with Crippen LogP contribution in [0.4, 0.5) is 10.5 Å². The average Bonchev–Trinajstić information content (AvgIpc) is 2.98. The van der Waals surface area contributed by atoms with Crippen molar-refractivity contribution in [3.63, 3.8) is 0 Å². The van der Waals surface area contributed by atoms with E-state index in [1.165, 1.54) is 17.0 Å². The molecule has 1 saturated heterocycles. The van der Waals surface area contributed by atoms with Crippen LogP contribution in [0.3, 0.4) is 0 Å². The molecule has 0 bridgehead atoms. The lowest BCUT2D eigenvalue weighted by Gasteiger charge is -2.13. The second-order valence-electron chi connectivity index (χ2n) is 5.78. The molecule has 1 heterocycles. The van der Waals surface area contributed by atoms with Crippen LogP contribution in [0.2, 0.25) is 0 Å². The number of ether oxygens (including phenoxy) is 2. The number of rotatable bonds is 7. The van der Waals surface area contributed by atoms with Crippen LogP contribution in [0.5, 0.6) is 0 Å². The highest BCUT2D eigenvalue weighted by Gasteiger charge is 2.24. The molecule has 1 aromatic rings. The number of carbonyl (C=O) groups excluding carboxylic acids is 4. The molecule has 2 amide bonds. The van der Waals surface area contributed by atoms with Crippen molar-refractivity contribution < 1.29 is 28.7 Å². The maximum Gasteiger partial charge on any atom is 0.338 e. The Hall–Kier alpha value is -2.55. The molecule has 0 radical (unpaired) electrons. The van der Waals surface area contributed by atoms with E-state index in [0.29, 0.717) is 23.5 Å². The molecule has 0 saturated carbocycles. The zero-order valence-corrected chi connectivity index (χ0v) is 15.3. The third-order valence-corrected chi connectivity index (χ3v) is 4.17. The zero-order valence-electron chi connectivity index (χ0n) is 14.5. The molecule has 140 valence electrons. The molecule has 0 spiro atoms. The lowest BCUT2D eigenvalue weighted by Crippen LogP contribution is -2.32. The minimum Gasteiger partial charge on any atom is -0.459 e. The van der Waals surface area contributed by atoms with Crippen LogP contribution in [0.25, 0.3) is 0 Å². The number of nitrogens with one attached hydrogen (secondary N) is 1. The summed E-state index contributed by atoms with van der Waals surface area (Å²) < 4.78 is 9.93. The Morgan fingerprint density at radius 3 is 2.50 bits per heavy atom. The Bertz CT molecular complexity index is 689. The molecule has 0 aliphatic carbocycles. The molecular formula is C17H20N2O6S. The van der Waals surface area contributed by atoms with Crippen molar-refractivity contribution in [3.05, 3.63) is 29.8 Å². The first-order valence-electron chi connectivity index (χ1n) is 8.03. The maximum atomic E-state index is 11.8. The number of nitrogens with zero attached hydrogens (tertiary/aromatic N) is 1. The molecule has 2 rings (SSSR count). The molecule has 1 aromatic carbocycles. The van der Waals surface area contributed by atoms with Crippen molar-refractivity contribution in [1.82, 2.24) is 4.90 Å². The van der Waals surface area contributed by atoms with Gasteiger partial charge in [0.25, 0.3) is 11.1 Å². The van der Waals surface area contributed by atoms with Gasteiger partial charge in [0.1, 0.15) is 6.54 Å². The van der Waals surface area contributed by atoms with Crippen molar-refractivity contribution in [1.29, 1.82) is 0 Å². The predicted molar refractivity (Wildman–Crippen MR) is 96.0 cm³/mol. The van der Waals surface area contributed by atoms with Crippen molar-refractivity contribution in [3.8, 4) is 0 Å². The first kappa shape index (κ1) is 19.8. The van der Waals surface area contributed by atoms with E-state index in [-0.39, 0.29) is 17.9 Å². The predicted octanol–water partition coefficient (Wildman–Crippen LogP) is 1.90. The molecule has 1 N–H and O–H groups in total. The first-order valence-corrected chi connectivity index (χ1v) is 9.02. The van der Waals surface area contributed by atoms with Crippen molar-refractivity contribution in [2.45, 2.75) is 20.0 Å². The van der Waals surface area contributed by atoms with Gasteiger partial charge in [0.2, 0.25) is 0 Å². The first-order chi connectivity index (χ1) is 12.3. The van der Waals surface area contributed by atoms with Crippen LogP contribution in [-0.4, -0.2) is 59.5 Å². The number of benzene rings is 1. The summed E-state index contributed by atoms with van der Waals surface area (Å²) in [4.78, 5) is 48.0. The van der Waals surface area contributed by atoms with Gasteiger partial charge in [-0.05, 0) is 38.1 Å². The second kappa shape index (κ2) is 9.23. The molecule has 1 aliphatic heterocycles. The number of carbonyl (C=O) groups is 4. The smallest absolute Gasteiger partial charge is 0.338 e. The Balaban J connectivity index is 1.76. The van der Waals surface area contributed by atoms with Gasteiger partial charge in [-0.25, -0.2) is 4.79 Å². The Morgan fingerprint density at radius 1 is 1.23 bits per heavy atom. The SMILES string of the molecule is CC(C)OC(=O)c1ccc(NC(=O)COC(=O)CN2CCSC2=O)cc1. The van der Waals surface area contributed by atoms with Crippen LogP contribution in [-0.2, 0) is 19.1 Å². The summed E-state index contributed by atoms with van der Waals surface area (Å²) in [5.41, 5.74) is 0.828. The van der Waals surface area contributed by atoms with E-state index < -0.39 is 24.5 Å². The molecular weight excluding hydrogens is 360 g/mol. The largest absolute Gasteiger partial charge is 0.459 e. The lowest BCUT2D eigenvalue weighted by atomic mass is 10.2. The van der Waals surface area contributed by atoms with Crippen molar-refractivity contribution in [2.24, 2.45) is 0 Å². The third kappa shape index (κ3) is 6.07. The van der Waals surface area contributed by atoms with E-state index >= 15 is 0 Å². The Labute approximate surface area is 155 Å². The summed E-state index contributed by atoms with van der Waals surface area (Å²) in [5, 5.41) is 2.39. The summed E-state index contributed by atoms with van der Waals surface area (Å²) >= 11 is 1.15. The average molecular weight is 380 g/mol.